The molecule has 0 radical (unpaired) electrons. The quantitative estimate of drug-likeness (QED) is 0.872. The zero-order chi connectivity index (χ0) is 13.8. The highest BCUT2D eigenvalue weighted by atomic mass is 16.5. The summed E-state index contributed by atoms with van der Waals surface area (Å²) in [6.07, 6.45) is 6.33. The Morgan fingerprint density at radius 1 is 1.26 bits per heavy atom. The fourth-order valence-electron chi connectivity index (χ4n) is 2.49. The van der Waals surface area contributed by atoms with E-state index in [1.54, 1.807) is 7.11 Å². The van der Waals surface area contributed by atoms with E-state index in [1.165, 1.54) is 22.4 Å². The average Bonchev–Trinajstić information content (AvgIpc) is 2.40. The minimum Gasteiger partial charge on any atom is -0.501 e. The van der Waals surface area contributed by atoms with Crippen LogP contribution in [0.5, 0.6) is 0 Å². The molecule has 1 atom stereocenters. The molecule has 0 amide bonds. The zero-order valence-corrected chi connectivity index (χ0v) is 12.3. The minimum absolute atomic E-state index is 0.310. The lowest BCUT2D eigenvalue weighted by atomic mass is 10.0. The van der Waals surface area contributed by atoms with Crippen molar-refractivity contribution in [3.05, 3.63) is 52.8 Å². The second kappa shape index (κ2) is 5.96. The van der Waals surface area contributed by atoms with Crippen molar-refractivity contribution in [3.8, 4) is 0 Å². The first-order chi connectivity index (χ1) is 9.12. The SMILES string of the molecule is CCc1cc(C)cc(NC2C=CC(C)=C(OC)C2)c1. The van der Waals surface area contributed by atoms with E-state index in [0.717, 1.165) is 18.6 Å². The lowest BCUT2D eigenvalue weighted by molar-refractivity contribution is 0.270. The Labute approximate surface area is 116 Å². The molecule has 1 N–H and O–H groups in total. The van der Waals surface area contributed by atoms with Gasteiger partial charge in [0.05, 0.1) is 13.2 Å². The monoisotopic (exact) mass is 257 g/mol. The summed E-state index contributed by atoms with van der Waals surface area (Å²) in [7, 11) is 1.75. The molecule has 19 heavy (non-hydrogen) atoms. The Morgan fingerprint density at radius 2 is 2.05 bits per heavy atom. The first kappa shape index (κ1) is 13.7. The number of methoxy groups -OCH3 is 1. The molecule has 1 aromatic carbocycles. The topological polar surface area (TPSA) is 21.3 Å². The van der Waals surface area contributed by atoms with Crippen LogP contribution in [0.2, 0.25) is 0 Å². The normalized spacial score (nSPS) is 18.6. The maximum Gasteiger partial charge on any atom is 0.101 e. The third-order valence-corrected chi connectivity index (χ3v) is 3.57. The lowest BCUT2D eigenvalue weighted by Crippen LogP contribution is -2.21. The molecule has 0 saturated heterocycles. The van der Waals surface area contributed by atoms with Crippen LogP contribution in [0.4, 0.5) is 5.69 Å². The zero-order valence-electron chi connectivity index (χ0n) is 12.3. The molecule has 1 aromatic rings. The molecule has 2 rings (SSSR count). The largest absolute Gasteiger partial charge is 0.501 e. The number of anilines is 1. The Balaban J connectivity index is 2.11. The highest BCUT2D eigenvalue weighted by molar-refractivity contribution is 5.51. The maximum absolute atomic E-state index is 5.43. The van der Waals surface area contributed by atoms with Crippen molar-refractivity contribution in [2.24, 2.45) is 0 Å². The number of nitrogens with one attached hydrogen (secondary N) is 1. The van der Waals surface area contributed by atoms with Gasteiger partial charge < -0.3 is 10.1 Å². The van der Waals surface area contributed by atoms with E-state index in [4.69, 9.17) is 4.74 Å². The molecule has 0 bridgehead atoms. The highest BCUT2D eigenvalue weighted by Crippen LogP contribution is 2.23. The number of ether oxygens (including phenoxy) is 1. The Kier molecular flexibility index (Phi) is 4.31. The van der Waals surface area contributed by atoms with E-state index in [1.807, 2.05) is 0 Å². The Bertz CT molecular complexity index is 514. The minimum atomic E-state index is 0.310. The molecule has 0 spiro atoms. The van der Waals surface area contributed by atoms with Gasteiger partial charge in [-0.15, -0.1) is 0 Å². The van der Waals surface area contributed by atoms with Gasteiger partial charge in [0.2, 0.25) is 0 Å². The first-order valence-electron chi connectivity index (χ1n) is 6.91. The molecule has 2 nitrogen and oxygen atoms in total. The van der Waals surface area contributed by atoms with Gasteiger partial charge in [-0.05, 0) is 49.1 Å². The van der Waals surface area contributed by atoms with E-state index in [-0.39, 0.29) is 0 Å². The second-order valence-corrected chi connectivity index (χ2v) is 5.19. The van der Waals surface area contributed by atoms with Crippen LogP contribution in [-0.2, 0) is 11.2 Å². The first-order valence-corrected chi connectivity index (χ1v) is 6.91. The fraction of sp³-hybridized carbons (Fsp3) is 0.412. The molecular weight excluding hydrogens is 234 g/mol. The van der Waals surface area contributed by atoms with Gasteiger partial charge in [-0.25, -0.2) is 0 Å². The van der Waals surface area contributed by atoms with Crippen LogP contribution in [0.15, 0.2) is 41.7 Å². The molecule has 1 aliphatic carbocycles. The van der Waals surface area contributed by atoms with Crippen molar-refractivity contribution in [1.82, 2.24) is 0 Å². The molecule has 0 aliphatic heterocycles. The van der Waals surface area contributed by atoms with Crippen LogP contribution in [-0.4, -0.2) is 13.2 Å². The number of hydrogen-bond acceptors (Lipinski definition) is 2. The fourth-order valence-corrected chi connectivity index (χ4v) is 2.49. The van der Waals surface area contributed by atoms with E-state index >= 15 is 0 Å². The maximum atomic E-state index is 5.43. The number of allylic oxidation sites excluding steroid dienone is 2. The highest BCUT2D eigenvalue weighted by Gasteiger charge is 2.14. The summed E-state index contributed by atoms with van der Waals surface area (Å²) >= 11 is 0. The smallest absolute Gasteiger partial charge is 0.101 e. The van der Waals surface area contributed by atoms with Crippen molar-refractivity contribution >= 4 is 5.69 Å². The van der Waals surface area contributed by atoms with E-state index < -0.39 is 0 Å². The van der Waals surface area contributed by atoms with E-state index in [0.29, 0.717) is 6.04 Å². The Hall–Kier alpha value is -1.70. The molecule has 0 aromatic heterocycles. The van der Waals surface area contributed by atoms with Crippen LogP contribution < -0.4 is 5.32 Å². The van der Waals surface area contributed by atoms with Crippen molar-refractivity contribution in [2.75, 3.05) is 12.4 Å². The molecular formula is C17H23NO. The lowest BCUT2D eigenvalue weighted by Gasteiger charge is -2.22. The average molecular weight is 257 g/mol. The predicted molar refractivity (Wildman–Crippen MR) is 81.4 cm³/mol. The summed E-state index contributed by atoms with van der Waals surface area (Å²) < 4.78 is 5.43. The molecule has 2 heteroatoms. The number of hydrogen-bond donors (Lipinski definition) is 1. The van der Waals surface area contributed by atoms with E-state index in [2.05, 4.69) is 56.4 Å². The van der Waals surface area contributed by atoms with Crippen molar-refractivity contribution in [1.29, 1.82) is 0 Å². The summed E-state index contributed by atoms with van der Waals surface area (Å²) in [5, 5.41) is 3.58. The summed E-state index contributed by atoms with van der Waals surface area (Å²) in [5.74, 6) is 1.07. The predicted octanol–water partition coefficient (Wildman–Crippen LogP) is 4.22. The van der Waals surface area contributed by atoms with Gasteiger partial charge in [0.1, 0.15) is 5.76 Å². The number of aryl methyl sites for hydroxylation is 2. The third kappa shape index (κ3) is 3.40. The van der Waals surface area contributed by atoms with E-state index in [9.17, 15) is 0 Å². The molecule has 0 heterocycles. The molecule has 0 saturated carbocycles. The standard InChI is InChI=1S/C17H23NO/c1-5-14-8-12(2)9-16(10-14)18-15-7-6-13(3)17(11-15)19-4/h6-10,15,18H,5,11H2,1-4H3. The van der Waals surface area contributed by atoms with Crippen molar-refractivity contribution < 1.29 is 4.74 Å². The number of benzene rings is 1. The van der Waals surface area contributed by atoms with Crippen LogP contribution in [0, 0.1) is 6.92 Å². The molecule has 102 valence electrons. The van der Waals surface area contributed by atoms with Gasteiger partial charge in [-0.1, -0.05) is 25.1 Å². The molecule has 0 fully saturated rings. The second-order valence-electron chi connectivity index (χ2n) is 5.19. The van der Waals surface area contributed by atoms with Gasteiger partial charge in [-0.2, -0.15) is 0 Å². The van der Waals surface area contributed by atoms with Crippen LogP contribution >= 0.6 is 0 Å². The van der Waals surface area contributed by atoms with Gasteiger partial charge in [0.25, 0.3) is 0 Å². The van der Waals surface area contributed by atoms with Crippen LogP contribution in [0.1, 0.15) is 31.4 Å². The van der Waals surface area contributed by atoms with Gasteiger partial charge >= 0.3 is 0 Å². The van der Waals surface area contributed by atoms with Crippen LogP contribution in [0.3, 0.4) is 0 Å². The van der Waals surface area contributed by atoms with Gasteiger partial charge in [0.15, 0.2) is 0 Å². The third-order valence-electron chi connectivity index (χ3n) is 3.57. The summed E-state index contributed by atoms with van der Waals surface area (Å²) in [5.41, 5.74) is 5.10. The van der Waals surface area contributed by atoms with Gasteiger partial charge in [-0.3, -0.25) is 0 Å². The van der Waals surface area contributed by atoms with Gasteiger partial charge in [0, 0.05) is 12.1 Å². The molecule has 1 aliphatic rings. The summed E-state index contributed by atoms with van der Waals surface area (Å²) in [4.78, 5) is 0. The summed E-state index contributed by atoms with van der Waals surface area (Å²) in [6.45, 7) is 6.42. The van der Waals surface area contributed by atoms with Crippen LogP contribution in [0.25, 0.3) is 0 Å². The van der Waals surface area contributed by atoms with Crippen molar-refractivity contribution in [3.63, 3.8) is 0 Å². The molecule has 1 unspecified atom stereocenters. The Morgan fingerprint density at radius 3 is 2.74 bits per heavy atom. The number of rotatable bonds is 4. The van der Waals surface area contributed by atoms with Crippen molar-refractivity contribution in [2.45, 2.75) is 39.7 Å². The summed E-state index contributed by atoms with van der Waals surface area (Å²) in [6, 6.07) is 6.99.